The van der Waals surface area contributed by atoms with Crippen LogP contribution in [0.5, 0.6) is 0 Å². The number of hydrogen-bond acceptors (Lipinski definition) is 1. The molecule has 0 spiro atoms. The summed E-state index contributed by atoms with van der Waals surface area (Å²) >= 11 is 5.94. The molecule has 2 rings (SSSR count). The van der Waals surface area contributed by atoms with Gasteiger partial charge in [-0.2, -0.15) is 0 Å². The van der Waals surface area contributed by atoms with E-state index in [-0.39, 0.29) is 5.69 Å². The third kappa shape index (κ3) is 5.00. The number of nitrogens with one attached hydrogen (secondary N) is 2. The Hall–Kier alpha value is -2.14. The Bertz CT molecular complexity index is 663. The number of anilines is 2. The van der Waals surface area contributed by atoms with Crippen LogP contribution in [0.25, 0.3) is 0 Å². The Morgan fingerprint density at radius 3 is 2.32 bits per heavy atom. The molecule has 2 N–H and O–H groups in total. The molecule has 2 aromatic rings. The zero-order valence-electron chi connectivity index (χ0n) is 12.5. The molecule has 2 aromatic carbocycles. The van der Waals surface area contributed by atoms with Gasteiger partial charge in [-0.15, -0.1) is 0 Å². The van der Waals surface area contributed by atoms with Crippen LogP contribution in [0.4, 0.5) is 25.0 Å². The number of hydrogen-bond donors (Lipinski definition) is 2. The largest absolute Gasteiger partial charge is 0.323 e. The van der Waals surface area contributed by atoms with E-state index < -0.39 is 17.7 Å². The topological polar surface area (TPSA) is 41.1 Å². The van der Waals surface area contributed by atoms with Gasteiger partial charge in [-0.3, -0.25) is 0 Å². The van der Waals surface area contributed by atoms with Crippen molar-refractivity contribution in [3.8, 4) is 0 Å². The van der Waals surface area contributed by atoms with Crippen molar-refractivity contribution >= 4 is 29.0 Å². The highest BCUT2D eigenvalue weighted by atomic mass is 35.5. The summed E-state index contributed by atoms with van der Waals surface area (Å²) in [6.45, 7) is 5.86. The molecule has 22 heavy (non-hydrogen) atoms. The fraction of sp³-hybridized carbons (Fsp3) is 0.188. The number of urea groups is 1. The second kappa shape index (κ2) is 8.34. The molecule has 0 aliphatic rings. The maximum absolute atomic E-state index is 13.0. The molecule has 0 aliphatic heterocycles. The molecule has 0 aromatic heterocycles. The molecule has 0 saturated carbocycles. The first-order valence-corrected chi connectivity index (χ1v) is 7.13. The molecule has 118 valence electrons. The second-order valence-electron chi connectivity index (χ2n) is 4.19. The van der Waals surface area contributed by atoms with E-state index in [1.165, 1.54) is 6.07 Å². The summed E-state index contributed by atoms with van der Waals surface area (Å²) < 4.78 is 25.8. The molecule has 0 bridgehead atoms. The Balaban J connectivity index is 0.00000116. The van der Waals surface area contributed by atoms with Gasteiger partial charge in [0.2, 0.25) is 0 Å². The maximum Gasteiger partial charge on any atom is 0.323 e. The number of carbonyl (C=O) groups excluding carboxylic acids is 1. The minimum absolute atomic E-state index is 0.144. The summed E-state index contributed by atoms with van der Waals surface area (Å²) in [7, 11) is 0. The first-order valence-electron chi connectivity index (χ1n) is 6.75. The van der Waals surface area contributed by atoms with E-state index in [9.17, 15) is 13.6 Å². The fourth-order valence-corrected chi connectivity index (χ4v) is 1.76. The highest BCUT2D eigenvalue weighted by Crippen LogP contribution is 2.23. The first kappa shape index (κ1) is 17.9. The van der Waals surface area contributed by atoms with E-state index in [1.807, 2.05) is 20.8 Å². The van der Waals surface area contributed by atoms with Crippen LogP contribution >= 0.6 is 11.6 Å². The first-order chi connectivity index (χ1) is 10.5. The third-order valence-electron chi connectivity index (χ3n) is 2.55. The third-order valence-corrected chi connectivity index (χ3v) is 2.88. The Morgan fingerprint density at radius 2 is 1.68 bits per heavy atom. The number of benzene rings is 2. The Morgan fingerprint density at radius 1 is 1.00 bits per heavy atom. The Labute approximate surface area is 133 Å². The number of carbonyl (C=O) groups is 1. The molecule has 0 saturated heterocycles. The van der Waals surface area contributed by atoms with Crippen molar-refractivity contribution < 1.29 is 13.6 Å². The van der Waals surface area contributed by atoms with Gasteiger partial charge < -0.3 is 10.6 Å². The van der Waals surface area contributed by atoms with Crippen LogP contribution in [0.15, 0.2) is 36.4 Å². The van der Waals surface area contributed by atoms with Gasteiger partial charge in [-0.05, 0) is 36.8 Å². The van der Waals surface area contributed by atoms with E-state index >= 15 is 0 Å². The minimum Gasteiger partial charge on any atom is -0.308 e. The smallest absolute Gasteiger partial charge is 0.308 e. The van der Waals surface area contributed by atoms with Gasteiger partial charge in [-0.25, -0.2) is 13.6 Å². The van der Waals surface area contributed by atoms with Crippen molar-refractivity contribution in [1.82, 2.24) is 0 Å². The molecule has 2 amide bonds. The van der Waals surface area contributed by atoms with E-state index in [0.717, 1.165) is 17.7 Å². The quantitative estimate of drug-likeness (QED) is 0.741. The van der Waals surface area contributed by atoms with Gasteiger partial charge in [0.25, 0.3) is 0 Å². The van der Waals surface area contributed by atoms with Gasteiger partial charge >= 0.3 is 6.03 Å². The predicted octanol–water partition coefficient (Wildman–Crippen LogP) is 5.60. The zero-order chi connectivity index (χ0) is 16.7. The lowest BCUT2D eigenvalue weighted by molar-refractivity contribution is 0.262. The average molecular weight is 327 g/mol. The Kier molecular flexibility index (Phi) is 6.79. The molecule has 0 aliphatic carbocycles. The van der Waals surface area contributed by atoms with Crippen LogP contribution in [0.3, 0.4) is 0 Å². The molecule has 6 heteroatoms. The van der Waals surface area contributed by atoms with Crippen molar-refractivity contribution in [2.24, 2.45) is 0 Å². The van der Waals surface area contributed by atoms with E-state index in [1.54, 1.807) is 18.2 Å². The molecule has 0 atom stereocenters. The SMILES string of the molecule is CC.Cc1ccc(Cl)c(NC(=O)Nc2ccc(F)c(F)c2)c1. The van der Waals surface area contributed by atoms with Crippen LogP contribution in [0.1, 0.15) is 19.4 Å². The van der Waals surface area contributed by atoms with Crippen molar-refractivity contribution in [1.29, 1.82) is 0 Å². The average Bonchev–Trinajstić information content (AvgIpc) is 2.49. The van der Waals surface area contributed by atoms with Crippen LogP contribution in [0, 0.1) is 18.6 Å². The summed E-state index contributed by atoms with van der Waals surface area (Å²) in [4.78, 5) is 11.7. The summed E-state index contributed by atoms with van der Waals surface area (Å²) in [6.07, 6.45) is 0. The highest BCUT2D eigenvalue weighted by molar-refractivity contribution is 6.33. The van der Waals surface area contributed by atoms with E-state index in [2.05, 4.69) is 10.6 Å². The molecule has 0 heterocycles. The summed E-state index contributed by atoms with van der Waals surface area (Å²) in [5, 5.41) is 5.31. The van der Waals surface area contributed by atoms with Crippen molar-refractivity contribution in [2.45, 2.75) is 20.8 Å². The van der Waals surface area contributed by atoms with Crippen molar-refractivity contribution in [3.63, 3.8) is 0 Å². The maximum atomic E-state index is 13.0. The van der Waals surface area contributed by atoms with Crippen molar-refractivity contribution in [3.05, 3.63) is 58.6 Å². The molecule has 3 nitrogen and oxygen atoms in total. The van der Waals surface area contributed by atoms with Crippen LogP contribution in [-0.4, -0.2) is 6.03 Å². The van der Waals surface area contributed by atoms with Gasteiger partial charge in [-0.1, -0.05) is 31.5 Å². The minimum atomic E-state index is -1.03. The summed E-state index contributed by atoms with van der Waals surface area (Å²) in [6, 6.07) is 7.66. The van der Waals surface area contributed by atoms with Crippen molar-refractivity contribution in [2.75, 3.05) is 10.6 Å². The number of amides is 2. The molecule has 0 radical (unpaired) electrons. The predicted molar refractivity (Wildman–Crippen MR) is 86.5 cm³/mol. The van der Waals surface area contributed by atoms with Crippen LogP contribution in [0.2, 0.25) is 5.02 Å². The molecular weight excluding hydrogens is 310 g/mol. The van der Waals surface area contributed by atoms with Crippen LogP contribution < -0.4 is 10.6 Å². The van der Waals surface area contributed by atoms with Gasteiger partial charge in [0.05, 0.1) is 10.7 Å². The fourth-order valence-electron chi connectivity index (χ4n) is 1.59. The molecular formula is C16H17ClF2N2O. The number of halogens is 3. The standard InChI is InChI=1S/C14H11ClF2N2O.C2H6/c1-8-2-4-10(15)13(6-8)19-14(20)18-9-3-5-11(16)12(17)7-9;1-2/h2-7H,1H3,(H2,18,19,20);1-2H3. The van der Waals surface area contributed by atoms with Gasteiger partial charge in [0.1, 0.15) is 0 Å². The lowest BCUT2D eigenvalue weighted by Crippen LogP contribution is -2.19. The number of aryl methyl sites for hydroxylation is 1. The summed E-state index contributed by atoms with van der Waals surface area (Å²) in [5.41, 5.74) is 1.51. The lowest BCUT2D eigenvalue weighted by Gasteiger charge is -2.10. The van der Waals surface area contributed by atoms with Gasteiger partial charge in [0, 0.05) is 11.8 Å². The van der Waals surface area contributed by atoms with E-state index in [4.69, 9.17) is 11.6 Å². The van der Waals surface area contributed by atoms with Crippen LogP contribution in [-0.2, 0) is 0 Å². The number of rotatable bonds is 2. The lowest BCUT2D eigenvalue weighted by atomic mass is 10.2. The second-order valence-corrected chi connectivity index (χ2v) is 4.60. The zero-order valence-corrected chi connectivity index (χ0v) is 13.3. The molecule has 0 fully saturated rings. The molecule has 0 unspecified atom stereocenters. The monoisotopic (exact) mass is 326 g/mol. The summed E-state index contributed by atoms with van der Waals surface area (Å²) in [5.74, 6) is -2.01. The van der Waals surface area contributed by atoms with E-state index in [0.29, 0.717) is 10.7 Å². The van der Waals surface area contributed by atoms with Gasteiger partial charge in [0.15, 0.2) is 11.6 Å². The normalized spacial score (nSPS) is 9.55. The highest BCUT2D eigenvalue weighted by Gasteiger charge is 2.08.